The normalized spacial score (nSPS) is 11.6. The van der Waals surface area contributed by atoms with Crippen molar-refractivity contribution in [3.8, 4) is 56.4 Å². The number of hydrogen-bond acceptors (Lipinski definition) is 4. The fourth-order valence-corrected chi connectivity index (χ4v) is 8.08. The maximum Gasteiger partial charge on any atom is 0.164 e. The predicted molar refractivity (Wildman–Crippen MR) is 227 cm³/mol. The van der Waals surface area contributed by atoms with Crippen molar-refractivity contribution >= 4 is 54.3 Å². The molecule has 55 heavy (non-hydrogen) atoms. The van der Waals surface area contributed by atoms with Crippen LogP contribution in [0.1, 0.15) is 0 Å². The molecule has 0 radical (unpaired) electrons. The van der Waals surface area contributed by atoms with E-state index in [0.717, 1.165) is 71.3 Å². The maximum atomic E-state index is 6.83. The van der Waals surface area contributed by atoms with Gasteiger partial charge in [0.05, 0.1) is 0 Å². The molecule has 0 aliphatic rings. The molecule has 0 aliphatic heterocycles. The summed E-state index contributed by atoms with van der Waals surface area (Å²) in [4.78, 5) is 15.6. The van der Waals surface area contributed by atoms with Crippen LogP contribution in [0.3, 0.4) is 0 Å². The largest absolute Gasteiger partial charge is 0.455 e. The van der Waals surface area contributed by atoms with Gasteiger partial charge >= 0.3 is 0 Å². The first kappa shape index (κ1) is 31.1. The van der Waals surface area contributed by atoms with Gasteiger partial charge in [-0.15, -0.1) is 0 Å². The van der Waals surface area contributed by atoms with Crippen molar-refractivity contribution in [1.29, 1.82) is 0 Å². The van der Waals surface area contributed by atoms with Crippen LogP contribution in [0.4, 0.5) is 0 Å². The molecule has 0 fully saturated rings. The van der Waals surface area contributed by atoms with Crippen molar-refractivity contribution in [2.75, 3.05) is 0 Å². The van der Waals surface area contributed by atoms with Crippen molar-refractivity contribution in [3.63, 3.8) is 0 Å². The van der Waals surface area contributed by atoms with Gasteiger partial charge in [0.2, 0.25) is 0 Å². The van der Waals surface area contributed by atoms with Gasteiger partial charge in [-0.3, -0.25) is 0 Å². The molecule has 0 N–H and O–H groups in total. The van der Waals surface area contributed by atoms with Crippen molar-refractivity contribution in [2.45, 2.75) is 0 Å². The smallest absolute Gasteiger partial charge is 0.164 e. The molecule has 0 saturated heterocycles. The van der Waals surface area contributed by atoms with Crippen LogP contribution in [0.5, 0.6) is 0 Å². The van der Waals surface area contributed by atoms with Gasteiger partial charge in [0, 0.05) is 32.8 Å². The minimum atomic E-state index is 0.597. The highest BCUT2D eigenvalue weighted by atomic mass is 16.3. The van der Waals surface area contributed by atoms with Gasteiger partial charge in [0.1, 0.15) is 11.2 Å². The highest BCUT2D eigenvalue weighted by molar-refractivity contribution is 6.34. The third kappa shape index (κ3) is 5.19. The Morgan fingerprint density at radius 1 is 0.291 bits per heavy atom. The molecular weight excluding hydrogens is 671 g/mol. The third-order valence-corrected chi connectivity index (χ3v) is 10.7. The molecule has 0 atom stereocenters. The van der Waals surface area contributed by atoms with E-state index < -0.39 is 0 Å². The molecule has 256 valence electrons. The quantitative estimate of drug-likeness (QED) is 0.168. The first-order chi connectivity index (χ1) is 27.3. The third-order valence-electron chi connectivity index (χ3n) is 10.7. The molecule has 0 aliphatic carbocycles. The van der Waals surface area contributed by atoms with Crippen LogP contribution in [-0.2, 0) is 0 Å². The Balaban J connectivity index is 1.13. The summed E-state index contributed by atoms with van der Waals surface area (Å²) in [5.41, 5.74) is 9.08. The first-order valence-electron chi connectivity index (χ1n) is 18.5. The molecule has 0 spiro atoms. The molecule has 11 aromatic rings. The lowest BCUT2D eigenvalue weighted by Gasteiger charge is -2.14. The average Bonchev–Trinajstić information content (AvgIpc) is 3.66. The van der Waals surface area contributed by atoms with Crippen LogP contribution in [0.15, 0.2) is 192 Å². The summed E-state index contributed by atoms with van der Waals surface area (Å²) in [5, 5.41) is 8.92. The Labute approximate surface area is 317 Å². The van der Waals surface area contributed by atoms with E-state index in [1.807, 2.05) is 48.5 Å². The van der Waals surface area contributed by atoms with Crippen LogP contribution in [-0.4, -0.2) is 15.0 Å². The van der Waals surface area contributed by atoms with E-state index in [-0.39, 0.29) is 0 Å². The lowest BCUT2D eigenvalue weighted by atomic mass is 9.91. The highest BCUT2D eigenvalue weighted by Gasteiger charge is 2.23. The predicted octanol–water partition coefficient (Wildman–Crippen LogP) is 13.6. The summed E-state index contributed by atoms with van der Waals surface area (Å²) < 4.78 is 6.83. The van der Waals surface area contributed by atoms with Gasteiger partial charge < -0.3 is 4.42 Å². The fraction of sp³-hybridized carbons (Fsp3) is 0. The summed E-state index contributed by atoms with van der Waals surface area (Å²) in [6.07, 6.45) is 0. The Hall–Kier alpha value is -7.43. The van der Waals surface area contributed by atoms with Crippen LogP contribution < -0.4 is 0 Å². The minimum Gasteiger partial charge on any atom is -0.455 e. The van der Waals surface area contributed by atoms with E-state index >= 15 is 0 Å². The SMILES string of the molecule is c1ccc(-c2ccc(-c3ccc(-c4nc(-c5ccccc5)nc(-c5cc6c7ccccc7c7ccccc7c6c6oc7ccccc7c56)n4)cc3)cc2)cc1. The molecule has 2 heterocycles. The van der Waals surface area contributed by atoms with E-state index in [1.165, 1.54) is 21.9 Å². The van der Waals surface area contributed by atoms with Crippen LogP contribution in [0, 0.1) is 0 Å². The van der Waals surface area contributed by atoms with E-state index in [0.29, 0.717) is 17.5 Å². The molecule has 0 saturated carbocycles. The zero-order chi connectivity index (χ0) is 36.3. The fourth-order valence-electron chi connectivity index (χ4n) is 8.08. The number of para-hydroxylation sites is 1. The zero-order valence-electron chi connectivity index (χ0n) is 29.6. The second kappa shape index (κ2) is 12.6. The van der Waals surface area contributed by atoms with E-state index in [9.17, 15) is 0 Å². The number of fused-ring (bicyclic) bond motifs is 10. The summed E-state index contributed by atoms with van der Waals surface area (Å²) >= 11 is 0. The number of rotatable bonds is 5. The lowest BCUT2D eigenvalue weighted by Crippen LogP contribution is -2.00. The number of nitrogens with zero attached hydrogens (tertiary/aromatic N) is 3. The monoisotopic (exact) mass is 701 g/mol. The Morgan fingerprint density at radius 2 is 0.691 bits per heavy atom. The Morgan fingerprint density at radius 3 is 1.29 bits per heavy atom. The average molecular weight is 702 g/mol. The number of furan rings is 1. The van der Waals surface area contributed by atoms with Crippen molar-refractivity contribution in [3.05, 3.63) is 188 Å². The molecule has 0 unspecified atom stereocenters. The molecule has 2 aromatic heterocycles. The molecule has 4 nitrogen and oxygen atoms in total. The second-order valence-electron chi connectivity index (χ2n) is 13.9. The van der Waals surface area contributed by atoms with Gasteiger partial charge in [-0.1, -0.05) is 176 Å². The summed E-state index contributed by atoms with van der Waals surface area (Å²) in [5.74, 6) is 1.82. The Bertz CT molecular complexity index is 3220. The molecular formula is C51H31N3O. The van der Waals surface area contributed by atoms with Gasteiger partial charge in [-0.2, -0.15) is 0 Å². The lowest BCUT2D eigenvalue weighted by molar-refractivity contribution is 0.673. The minimum absolute atomic E-state index is 0.597. The van der Waals surface area contributed by atoms with Crippen molar-refractivity contribution < 1.29 is 4.42 Å². The van der Waals surface area contributed by atoms with E-state index in [1.54, 1.807) is 0 Å². The maximum absolute atomic E-state index is 6.83. The number of hydrogen-bond donors (Lipinski definition) is 0. The standard InChI is InChI=1S/C51H31N3O/c1-3-13-32(14-4-1)33-23-25-34(26-24-33)35-27-29-37(30-28-35)50-52-49(36-15-5-2-6-16-36)53-51(54-50)44-31-43-40-19-8-7-17-38(40)39-18-9-10-20-41(39)46(43)48-47(44)42-21-11-12-22-45(42)55-48/h1-31H. The summed E-state index contributed by atoms with van der Waals surface area (Å²) in [6, 6.07) is 65.6. The molecule has 11 rings (SSSR count). The van der Waals surface area contributed by atoms with Crippen LogP contribution >= 0.6 is 0 Å². The molecule has 0 amide bonds. The topological polar surface area (TPSA) is 51.8 Å². The molecule has 9 aromatic carbocycles. The second-order valence-corrected chi connectivity index (χ2v) is 13.9. The molecule has 0 bridgehead atoms. The Kier molecular flexibility index (Phi) is 7.14. The van der Waals surface area contributed by atoms with Crippen molar-refractivity contribution in [2.24, 2.45) is 0 Å². The van der Waals surface area contributed by atoms with E-state index in [2.05, 4.69) is 140 Å². The van der Waals surface area contributed by atoms with Gasteiger partial charge in [0.15, 0.2) is 17.5 Å². The van der Waals surface area contributed by atoms with E-state index in [4.69, 9.17) is 19.4 Å². The van der Waals surface area contributed by atoms with Crippen molar-refractivity contribution in [1.82, 2.24) is 15.0 Å². The number of aromatic nitrogens is 3. The number of benzene rings is 9. The highest BCUT2D eigenvalue weighted by Crippen LogP contribution is 2.46. The van der Waals surface area contributed by atoms with Crippen LogP contribution in [0.25, 0.3) is 111 Å². The van der Waals surface area contributed by atoms with Gasteiger partial charge in [-0.25, -0.2) is 15.0 Å². The van der Waals surface area contributed by atoms with Crippen LogP contribution in [0.2, 0.25) is 0 Å². The van der Waals surface area contributed by atoms with Gasteiger partial charge in [-0.05, 0) is 61.3 Å². The summed E-state index contributed by atoms with van der Waals surface area (Å²) in [7, 11) is 0. The zero-order valence-corrected chi connectivity index (χ0v) is 29.6. The first-order valence-corrected chi connectivity index (χ1v) is 18.5. The summed E-state index contributed by atoms with van der Waals surface area (Å²) in [6.45, 7) is 0. The van der Waals surface area contributed by atoms with Gasteiger partial charge in [0.25, 0.3) is 0 Å². The molecule has 4 heteroatoms.